The maximum atomic E-state index is 6.85. The number of hydrogen-bond donors (Lipinski definition) is 0. The first-order valence-corrected chi connectivity index (χ1v) is 21.0. The van der Waals surface area contributed by atoms with E-state index < -0.39 is 0 Å². The summed E-state index contributed by atoms with van der Waals surface area (Å²) in [4.78, 5) is 0. The Morgan fingerprint density at radius 1 is 0.431 bits per heavy atom. The van der Waals surface area contributed by atoms with Crippen LogP contribution in [0.3, 0.4) is 0 Å². The van der Waals surface area contributed by atoms with E-state index in [2.05, 4.69) is 194 Å². The second-order valence-electron chi connectivity index (χ2n) is 15.8. The normalized spacial score (nSPS) is 16.5. The molecule has 0 aliphatic heterocycles. The lowest BCUT2D eigenvalue weighted by molar-refractivity contribution is 0.673. The monoisotopic (exact) mass is 754 g/mol. The SMILES string of the molecule is C1=CC2C=CC=C(c3c4ccccc4c(-c4ccc(-c5ccc6oc7c(c6c5)c5ccccc5c5sc6ccccc6c75)c5ccccc45)c4ccccc34)C2C=C1. The van der Waals surface area contributed by atoms with Gasteiger partial charge in [0.2, 0.25) is 0 Å². The lowest BCUT2D eigenvalue weighted by Crippen LogP contribution is -2.15. The molecule has 58 heavy (non-hydrogen) atoms. The molecular formula is C56H34OS. The van der Waals surface area contributed by atoms with Gasteiger partial charge in [-0.1, -0.05) is 176 Å². The summed E-state index contributed by atoms with van der Waals surface area (Å²) in [7, 11) is 0. The molecule has 2 aromatic heterocycles. The molecule has 0 saturated heterocycles. The minimum absolute atomic E-state index is 0.311. The summed E-state index contributed by atoms with van der Waals surface area (Å²) in [5, 5.41) is 15.0. The van der Waals surface area contributed by atoms with E-state index in [0.717, 1.165) is 16.6 Å². The zero-order valence-electron chi connectivity index (χ0n) is 31.4. The number of fused-ring (bicyclic) bond motifs is 14. The van der Waals surface area contributed by atoms with Crippen molar-refractivity contribution in [3.63, 3.8) is 0 Å². The van der Waals surface area contributed by atoms with Crippen molar-refractivity contribution in [1.82, 2.24) is 0 Å². The molecule has 0 spiro atoms. The average Bonchev–Trinajstić information content (AvgIpc) is 3.87. The van der Waals surface area contributed by atoms with E-state index in [0.29, 0.717) is 11.8 Å². The second kappa shape index (κ2) is 12.2. The van der Waals surface area contributed by atoms with Gasteiger partial charge in [-0.05, 0) is 89.3 Å². The van der Waals surface area contributed by atoms with Gasteiger partial charge < -0.3 is 4.42 Å². The first-order chi connectivity index (χ1) is 28.8. The van der Waals surface area contributed by atoms with Crippen molar-refractivity contribution in [2.45, 2.75) is 0 Å². The lowest BCUT2D eigenvalue weighted by Gasteiger charge is -2.29. The van der Waals surface area contributed by atoms with E-state index >= 15 is 0 Å². The fraction of sp³-hybridized carbons (Fsp3) is 0.0357. The number of thiophene rings is 1. The van der Waals surface area contributed by atoms with Gasteiger partial charge in [-0.15, -0.1) is 11.3 Å². The Kier molecular flexibility index (Phi) is 6.78. The smallest absolute Gasteiger partial charge is 0.145 e. The summed E-state index contributed by atoms with van der Waals surface area (Å²) >= 11 is 1.86. The van der Waals surface area contributed by atoms with Crippen LogP contribution in [0.1, 0.15) is 5.56 Å². The molecule has 0 fully saturated rings. The lowest BCUT2D eigenvalue weighted by atomic mass is 9.74. The molecule has 11 aromatic rings. The molecule has 13 rings (SSSR count). The molecule has 2 aliphatic carbocycles. The molecule has 0 bridgehead atoms. The Balaban J connectivity index is 1.05. The third kappa shape index (κ3) is 4.47. The molecule has 0 saturated carbocycles. The predicted molar refractivity (Wildman–Crippen MR) is 250 cm³/mol. The van der Waals surface area contributed by atoms with Gasteiger partial charge in [0, 0.05) is 48.2 Å². The van der Waals surface area contributed by atoms with Crippen LogP contribution in [0.2, 0.25) is 0 Å². The number of rotatable bonds is 3. The highest BCUT2D eigenvalue weighted by Gasteiger charge is 2.28. The van der Waals surface area contributed by atoms with Gasteiger partial charge in [0.25, 0.3) is 0 Å². The van der Waals surface area contributed by atoms with E-state index in [1.165, 1.54) is 102 Å². The molecule has 270 valence electrons. The Hall–Kier alpha value is -7.00. The zero-order chi connectivity index (χ0) is 37.9. The molecular weight excluding hydrogens is 721 g/mol. The van der Waals surface area contributed by atoms with E-state index in [9.17, 15) is 0 Å². The van der Waals surface area contributed by atoms with E-state index in [-0.39, 0.29) is 0 Å². The first kappa shape index (κ1) is 32.1. The molecule has 2 unspecified atom stereocenters. The van der Waals surface area contributed by atoms with E-state index in [1.54, 1.807) is 0 Å². The fourth-order valence-electron chi connectivity index (χ4n) is 10.3. The highest BCUT2D eigenvalue weighted by Crippen LogP contribution is 2.50. The molecule has 0 amide bonds. The molecule has 9 aromatic carbocycles. The van der Waals surface area contributed by atoms with Crippen LogP contribution in [-0.4, -0.2) is 0 Å². The zero-order valence-corrected chi connectivity index (χ0v) is 32.3. The van der Waals surface area contributed by atoms with Gasteiger partial charge in [-0.25, -0.2) is 0 Å². The molecule has 0 radical (unpaired) electrons. The summed E-state index contributed by atoms with van der Waals surface area (Å²) in [5.41, 5.74) is 9.56. The van der Waals surface area contributed by atoms with Crippen LogP contribution in [0, 0.1) is 11.8 Å². The van der Waals surface area contributed by atoms with E-state index in [4.69, 9.17) is 4.42 Å². The van der Waals surface area contributed by atoms with E-state index in [1.807, 2.05) is 11.3 Å². The Labute approximate surface area is 338 Å². The quantitative estimate of drug-likeness (QED) is 0.164. The third-order valence-electron chi connectivity index (χ3n) is 12.8. The number of hydrogen-bond acceptors (Lipinski definition) is 2. The van der Waals surface area contributed by atoms with Gasteiger partial charge >= 0.3 is 0 Å². The van der Waals surface area contributed by atoms with Crippen LogP contribution in [0.5, 0.6) is 0 Å². The van der Waals surface area contributed by atoms with Crippen molar-refractivity contribution in [3.8, 4) is 22.3 Å². The topological polar surface area (TPSA) is 13.1 Å². The van der Waals surface area contributed by atoms with Gasteiger partial charge in [-0.3, -0.25) is 0 Å². The van der Waals surface area contributed by atoms with Crippen molar-refractivity contribution >= 4 is 102 Å². The molecule has 1 nitrogen and oxygen atoms in total. The van der Waals surface area contributed by atoms with Gasteiger partial charge in [0.15, 0.2) is 0 Å². The van der Waals surface area contributed by atoms with Crippen molar-refractivity contribution in [2.24, 2.45) is 11.8 Å². The second-order valence-corrected chi connectivity index (χ2v) is 16.8. The molecule has 2 heterocycles. The highest BCUT2D eigenvalue weighted by atomic mass is 32.1. The first-order valence-electron chi connectivity index (χ1n) is 20.2. The molecule has 0 N–H and O–H groups in total. The maximum Gasteiger partial charge on any atom is 0.145 e. The summed E-state index contributed by atoms with van der Waals surface area (Å²) in [6.07, 6.45) is 16.0. The molecule has 2 atom stereocenters. The van der Waals surface area contributed by atoms with Crippen molar-refractivity contribution in [2.75, 3.05) is 0 Å². The summed E-state index contributed by atoms with van der Waals surface area (Å²) in [6, 6.07) is 56.1. The van der Waals surface area contributed by atoms with Gasteiger partial charge in [-0.2, -0.15) is 0 Å². The number of allylic oxidation sites excluding steroid dienone is 8. The van der Waals surface area contributed by atoms with Crippen molar-refractivity contribution in [1.29, 1.82) is 0 Å². The van der Waals surface area contributed by atoms with Crippen molar-refractivity contribution < 1.29 is 4.42 Å². The van der Waals surface area contributed by atoms with Crippen LogP contribution < -0.4 is 0 Å². The molecule has 2 heteroatoms. The third-order valence-corrected chi connectivity index (χ3v) is 14.0. The summed E-state index contributed by atoms with van der Waals surface area (Å²) in [5.74, 6) is 0.680. The minimum atomic E-state index is 0.311. The fourth-order valence-corrected chi connectivity index (χ4v) is 11.6. The number of furan rings is 1. The predicted octanol–water partition coefficient (Wildman–Crippen LogP) is 16.2. The summed E-state index contributed by atoms with van der Waals surface area (Å²) < 4.78 is 9.43. The van der Waals surface area contributed by atoms with Gasteiger partial charge in [0.05, 0.1) is 0 Å². The highest BCUT2D eigenvalue weighted by molar-refractivity contribution is 7.27. The molecule has 2 aliphatic rings. The largest absolute Gasteiger partial charge is 0.455 e. The summed E-state index contributed by atoms with van der Waals surface area (Å²) in [6.45, 7) is 0. The minimum Gasteiger partial charge on any atom is -0.455 e. The Morgan fingerprint density at radius 3 is 1.78 bits per heavy atom. The van der Waals surface area contributed by atoms with Crippen LogP contribution in [0.25, 0.3) is 113 Å². The Morgan fingerprint density at radius 2 is 1.02 bits per heavy atom. The standard InChI is InChI=1S/C56H34OS/c1-2-16-35-33(14-1)15-13-26-39(35)51-40-19-5-7-21-42(40)52(43-22-8-6-20-41(43)51)45-30-29-36(37-17-3-4-18-38(37)45)34-28-31-49-48(32-34)53-44-23-9-10-24-46(44)56-54(55(53)57-49)47-25-11-12-27-50(47)58-56/h1-33,35H. The average molecular weight is 755 g/mol. The van der Waals surface area contributed by atoms with Gasteiger partial charge in [0.1, 0.15) is 11.2 Å². The Bertz CT molecular complexity index is 3640. The van der Waals surface area contributed by atoms with Crippen LogP contribution in [0.4, 0.5) is 0 Å². The van der Waals surface area contributed by atoms with Crippen LogP contribution >= 0.6 is 11.3 Å². The maximum absolute atomic E-state index is 6.85. The van der Waals surface area contributed by atoms with Crippen molar-refractivity contribution in [3.05, 3.63) is 200 Å². The number of benzene rings is 9. The van der Waals surface area contributed by atoms with Crippen LogP contribution in [0.15, 0.2) is 199 Å². The van der Waals surface area contributed by atoms with Crippen LogP contribution in [-0.2, 0) is 0 Å².